The Morgan fingerprint density at radius 3 is 2.76 bits per heavy atom. The highest BCUT2D eigenvalue weighted by molar-refractivity contribution is 5.92. The van der Waals surface area contributed by atoms with Crippen molar-refractivity contribution in [3.63, 3.8) is 0 Å². The van der Waals surface area contributed by atoms with Crippen LogP contribution < -0.4 is 10.1 Å². The summed E-state index contributed by atoms with van der Waals surface area (Å²) in [5.74, 6) is -1.88. The summed E-state index contributed by atoms with van der Waals surface area (Å²) in [4.78, 5) is 16.4. The average Bonchev–Trinajstić information content (AvgIpc) is 2.84. The normalized spacial score (nSPS) is 10.9. The lowest BCUT2D eigenvalue weighted by atomic mass is 10.2. The number of benzene rings is 1. The number of aromatic nitrogens is 3. The molecule has 130 valence electrons. The number of rotatable bonds is 4. The van der Waals surface area contributed by atoms with E-state index in [0.717, 1.165) is 23.4 Å². The molecule has 6 nitrogen and oxygen atoms in total. The fourth-order valence-electron chi connectivity index (χ4n) is 2.56. The molecule has 0 radical (unpaired) electrons. The number of nitrogens with zero attached hydrogens (tertiary/aromatic N) is 3. The van der Waals surface area contributed by atoms with E-state index in [1.165, 1.54) is 0 Å². The molecule has 2 heterocycles. The predicted molar refractivity (Wildman–Crippen MR) is 88.5 cm³/mol. The van der Waals surface area contributed by atoms with E-state index in [4.69, 9.17) is 4.74 Å². The number of carbonyl (C=O) groups is 1. The molecule has 0 saturated carbocycles. The van der Waals surface area contributed by atoms with Crippen molar-refractivity contribution in [2.75, 3.05) is 11.9 Å². The number of pyridine rings is 1. The summed E-state index contributed by atoms with van der Waals surface area (Å²) in [6.07, 6.45) is 0. The van der Waals surface area contributed by atoms with Gasteiger partial charge in [-0.1, -0.05) is 0 Å². The molecule has 2 aromatic heterocycles. The zero-order chi connectivity index (χ0) is 18.1. The first kappa shape index (κ1) is 16.8. The first-order valence-electron chi connectivity index (χ1n) is 7.54. The van der Waals surface area contributed by atoms with E-state index < -0.39 is 17.5 Å². The van der Waals surface area contributed by atoms with Crippen LogP contribution in [0.1, 0.15) is 11.3 Å². The highest BCUT2D eigenvalue weighted by Gasteiger charge is 2.16. The maximum Gasteiger partial charge on any atom is 0.262 e. The largest absolute Gasteiger partial charge is 0.466 e. The molecule has 0 spiro atoms. The average molecular weight is 346 g/mol. The van der Waals surface area contributed by atoms with E-state index in [9.17, 15) is 13.6 Å². The molecule has 3 aromatic rings. The highest BCUT2D eigenvalue weighted by Crippen LogP contribution is 2.27. The molecule has 0 fully saturated rings. The van der Waals surface area contributed by atoms with Gasteiger partial charge in [0.25, 0.3) is 5.91 Å². The lowest BCUT2D eigenvalue weighted by Crippen LogP contribution is -2.21. The summed E-state index contributed by atoms with van der Waals surface area (Å²) in [7, 11) is 1.73. The van der Waals surface area contributed by atoms with Gasteiger partial charge in [-0.05, 0) is 37.6 Å². The van der Waals surface area contributed by atoms with Crippen molar-refractivity contribution >= 4 is 22.6 Å². The quantitative estimate of drug-likeness (QED) is 0.789. The second-order valence-corrected chi connectivity index (χ2v) is 5.67. The molecule has 0 atom stereocenters. The topological polar surface area (TPSA) is 69.0 Å². The molecule has 8 heteroatoms. The molecule has 25 heavy (non-hydrogen) atoms. The summed E-state index contributed by atoms with van der Waals surface area (Å²) in [5, 5.41) is 7.28. The summed E-state index contributed by atoms with van der Waals surface area (Å²) in [6.45, 7) is 3.42. The van der Waals surface area contributed by atoms with Crippen LogP contribution in [0, 0.1) is 25.5 Å². The van der Waals surface area contributed by atoms with Crippen LogP contribution in [0.4, 0.5) is 14.5 Å². The van der Waals surface area contributed by atoms with E-state index in [2.05, 4.69) is 15.4 Å². The number of hydrogen-bond acceptors (Lipinski definition) is 4. The lowest BCUT2D eigenvalue weighted by molar-refractivity contribution is -0.118. The van der Waals surface area contributed by atoms with Crippen LogP contribution in [-0.2, 0) is 11.8 Å². The van der Waals surface area contributed by atoms with Gasteiger partial charge in [-0.3, -0.25) is 4.79 Å². The smallest absolute Gasteiger partial charge is 0.262 e. The molecule has 0 unspecified atom stereocenters. The van der Waals surface area contributed by atoms with Gasteiger partial charge in [0.2, 0.25) is 5.88 Å². The van der Waals surface area contributed by atoms with Crippen molar-refractivity contribution in [3.05, 3.63) is 47.2 Å². The molecule has 3 rings (SSSR count). The Kier molecular flexibility index (Phi) is 4.35. The van der Waals surface area contributed by atoms with Gasteiger partial charge in [0.15, 0.2) is 12.3 Å². The molecule has 0 aliphatic heterocycles. The Morgan fingerprint density at radius 2 is 2.04 bits per heavy atom. The Hall–Kier alpha value is -3.03. The molecular weight excluding hydrogens is 330 g/mol. The van der Waals surface area contributed by atoms with Gasteiger partial charge in [-0.2, -0.15) is 0 Å². The number of carbonyl (C=O) groups excluding carboxylic acids is 1. The first-order chi connectivity index (χ1) is 11.8. The molecule has 0 bridgehead atoms. The standard InChI is InChI=1S/C17H16F2N4O2/c1-9-6-10(2)20-16-15(9)17(22-23(16)3)25-8-14(24)21-13-5-4-11(18)7-12(13)19/h4-7H,8H2,1-3H3,(H,21,24). The minimum absolute atomic E-state index is 0.116. The molecule has 1 amide bonds. The Labute approximate surface area is 142 Å². The number of halogens is 2. The van der Waals surface area contributed by atoms with E-state index in [0.29, 0.717) is 17.1 Å². The molecular formula is C17H16F2N4O2. The SMILES string of the molecule is Cc1cc(C)c2c(OCC(=O)Nc3ccc(F)cc3F)nn(C)c2n1. The van der Waals surface area contributed by atoms with Crippen molar-refractivity contribution in [1.29, 1.82) is 0 Å². The van der Waals surface area contributed by atoms with Crippen LogP contribution in [-0.4, -0.2) is 27.3 Å². The first-order valence-corrected chi connectivity index (χ1v) is 7.54. The van der Waals surface area contributed by atoms with Crippen molar-refractivity contribution < 1.29 is 18.3 Å². The summed E-state index contributed by atoms with van der Waals surface area (Å²) < 4.78 is 33.5. The van der Waals surface area contributed by atoms with Crippen molar-refractivity contribution in [1.82, 2.24) is 14.8 Å². The summed E-state index contributed by atoms with van der Waals surface area (Å²) in [6, 6.07) is 4.80. The highest BCUT2D eigenvalue weighted by atomic mass is 19.1. The van der Waals surface area contributed by atoms with Gasteiger partial charge in [0.05, 0.1) is 11.1 Å². The van der Waals surface area contributed by atoms with E-state index in [1.807, 2.05) is 19.9 Å². The molecule has 1 aromatic carbocycles. The van der Waals surface area contributed by atoms with Crippen molar-refractivity contribution in [2.24, 2.45) is 7.05 Å². The van der Waals surface area contributed by atoms with E-state index in [1.54, 1.807) is 11.7 Å². The van der Waals surface area contributed by atoms with E-state index in [-0.39, 0.29) is 18.2 Å². The number of fused-ring (bicyclic) bond motifs is 1. The van der Waals surface area contributed by atoms with Crippen LogP contribution in [0.5, 0.6) is 5.88 Å². The fourth-order valence-corrected chi connectivity index (χ4v) is 2.56. The predicted octanol–water partition coefficient (Wildman–Crippen LogP) is 2.88. The number of hydrogen-bond donors (Lipinski definition) is 1. The van der Waals surface area contributed by atoms with Crippen molar-refractivity contribution in [3.8, 4) is 5.88 Å². The summed E-state index contributed by atoms with van der Waals surface area (Å²) >= 11 is 0. The number of nitrogens with one attached hydrogen (secondary N) is 1. The Balaban J connectivity index is 1.75. The second kappa shape index (κ2) is 6.46. The summed E-state index contributed by atoms with van der Waals surface area (Å²) in [5.41, 5.74) is 2.31. The second-order valence-electron chi connectivity index (χ2n) is 5.67. The third-order valence-electron chi connectivity index (χ3n) is 3.63. The van der Waals surface area contributed by atoms with E-state index >= 15 is 0 Å². The van der Waals surface area contributed by atoms with Gasteiger partial charge in [0, 0.05) is 18.8 Å². The third-order valence-corrected chi connectivity index (χ3v) is 3.63. The van der Waals surface area contributed by atoms with Gasteiger partial charge < -0.3 is 10.1 Å². The Bertz CT molecular complexity index is 969. The Morgan fingerprint density at radius 1 is 1.28 bits per heavy atom. The number of amides is 1. The van der Waals surface area contributed by atoms with Crippen LogP contribution in [0.2, 0.25) is 0 Å². The maximum absolute atomic E-state index is 13.6. The lowest BCUT2D eigenvalue weighted by Gasteiger charge is -2.07. The van der Waals surface area contributed by atoms with Crippen molar-refractivity contribution in [2.45, 2.75) is 13.8 Å². The van der Waals surface area contributed by atoms with Crippen LogP contribution in [0.25, 0.3) is 11.0 Å². The fraction of sp³-hybridized carbons (Fsp3) is 0.235. The molecule has 0 aliphatic carbocycles. The zero-order valence-electron chi connectivity index (χ0n) is 13.9. The van der Waals surface area contributed by atoms with Crippen LogP contribution in [0.3, 0.4) is 0 Å². The van der Waals surface area contributed by atoms with Crippen LogP contribution >= 0.6 is 0 Å². The zero-order valence-corrected chi connectivity index (χ0v) is 13.9. The van der Waals surface area contributed by atoms with Gasteiger partial charge in [-0.15, -0.1) is 5.10 Å². The monoisotopic (exact) mass is 346 g/mol. The van der Waals surface area contributed by atoms with Gasteiger partial charge in [0.1, 0.15) is 11.6 Å². The maximum atomic E-state index is 13.6. The number of ether oxygens (including phenoxy) is 1. The molecule has 1 N–H and O–H groups in total. The number of aryl methyl sites for hydroxylation is 3. The minimum atomic E-state index is -0.854. The van der Waals surface area contributed by atoms with Gasteiger partial charge in [-0.25, -0.2) is 18.4 Å². The minimum Gasteiger partial charge on any atom is -0.466 e. The third kappa shape index (κ3) is 3.42. The molecule has 0 aliphatic rings. The molecule has 0 saturated heterocycles. The van der Waals surface area contributed by atoms with Crippen LogP contribution in [0.15, 0.2) is 24.3 Å². The van der Waals surface area contributed by atoms with Gasteiger partial charge >= 0.3 is 0 Å². The number of anilines is 1.